The zero-order chi connectivity index (χ0) is 16.9. The van der Waals surface area contributed by atoms with Crippen molar-refractivity contribution in [2.45, 2.75) is 6.54 Å². The van der Waals surface area contributed by atoms with Crippen LogP contribution < -0.4 is 10.9 Å². The minimum atomic E-state index is -0.336. The van der Waals surface area contributed by atoms with Crippen LogP contribution in [0.4, 0.5) is 5.69 Å². The summed E-state index contributed by atoms with van der Waals surface area (Å²) in [6.07, 6.45) is 3.29. The fraction of sp³-hybridized carbons (Fsp3) is 0.0588. The number of carbonyl (C=O) groups is 1. The number of anilines is 1. The number of carbonyl (C=O) groups excluding carboxylic acids is 1. The van der Waals surface area contributed by atoms with Crippen molar-refractivity contribution in [1.29, 1.82) is 0 Å². The first kappa shape index (κ1) is 16.1. The van der Waals surface area contributed by atoms with Crippen LogP contribution >= 0.6 is 15.9 Å². The van der Waals surface area contributed by atoms with Crippen molar-refractivity contribution in [2.75, 3.05) is 5.32 Å². The van der Waals surface area contributed by atoms with Crippen LogP contribution in [-0.4, -0.2) is 20.7 Å². The molecule has 0 radical (unpaired) electrons. The fourth-order valence-electron chi connectivity index (χ4n) is 2.14. The summed E-state index contributed by atoms with van der Waals surface area (Å²) in [5.41, 5.74) is 1.74. The molecule has 3 rings (SSSR count). The summed E-state index contributed by atoms with van der Waals surface area (Å²) in [7, 11) is 0. The topological polar surface area (TPSA) is 76.9 Å². The Morgan fingerprint density at radius 1 is 1.12 bits per heavy atom. The van der Waals surface area contributed by atoms with Gasteiger partial charge in [-0.2, -0.15) is 5.10 Å². The molecular weight excluding hydrogens is 372 g/mol. The van der Waals surface area contributed by atoms with Crippen LogP contribution in [0.3, 0.4) is 0 Å². The van der Waals surface area contributed by atoms with E-state index < -0.39 is 0 Å². The lowest BCUT2D eigenvalue weighted by atomic mass is 10.2. The molecule has 2 aromatic heterocycles. The summed E-state index contributed by atoms with van der Waals surface area (Å²) in [5.74, 6) is -0.324. The predicted molar refractivity (Wildman–Crippen MR) is 94.5 cm³/mol. The van der Waals surface area contributed by atoms with Crippen LogP contribution in [0.5, 0.6) is 0 Å². The molecule has 6 nitrogen and oxygen atoms in total. The molecule has 2 heterocycles. The molecule has 1 aromatic carbocycles. The first-order valence-electron chi connectivity index (χ1n) is 7.16. The second kappa shape index (κ2) is 7.18. The maximum Gasteiger partial charge on any atom is 0.267 e. The number of halogens is 1. The van der Waals surface area contributed by atoms with E-state index in [0.717, 1.165) is 14.7 Å². The monoisotopic (exact) mass is 384 g/mol. The summed E-state index contributed by atoms with van der Waals surface area (Å²) in [6.45, 7) is -0.162. The number of pyridine rings is 1. The van der Waals surface area contributed by atoms with E-state index in [-0.39, 0.29) is 18.0 Å². The van der Waals surface area contributed by atoms with Gasteiger partial charge in [0.2, 0.25) is 5.91 Å². The van der Waals surface area contributed by atoms with Gasteiger partial charge in [0, 0.05) is 34.2 Å². The van der Waals surface area contributed by atoms with Crippen molar-refractivity contribution in [3.8, 4) is 11.3 Å². The first-order chi connectivity index (χ1) is 11.6. The standard InChI is InChI=1S/C17H13BrN4O2/c18-13-2-1-3-14(10-13)20-16(23)11-22-17(24)5-4-15(21-22)12-6-8-19-9-7-12/h1-10H,11H2,(H,20,23). The van der Waals surface area contributed by atoms with Crippen LogP contribution in [0, 0.1) is 0 Å². The van der Waals surface area contributed by atoms with Gasteiger partial charge in [-0.05, 0) is 36.4 Å². The Bertz CT molecular complexity index is 925. The van der Waals surface area contributed by atoms with Gasteiger partial charge < -0.3 is 5.32 Å². The fourth-order valence-corrected chi connectivity index (χ4v) is 2.54. The number of aromatic nitrogens is 3. The molecule has 0 aliphatic carbocycles. The number of amides is 1. The third-order valence-corrected chi connectivity index (χ3v) is 3.74. The second-order valence-electron chi connectivity index (χ2n) is 5.01. The average Bonchev–Trinajstić information content (AvgIpc) is 2.57. The zero-order valence-electron chi connectivity index (χ0n) is 12.5. The van der Waals surface area contributed by atoms with Crippen molar-refractivity contribution in [2.24, 2.45) is 0 Å². The van der Waals surface area contributed by atoms with Gasteiger partial charge in [-0.15, -0.1) is 0 Å². The van der Waals surface area contributed by atoms with Gasteiger partial charge in [-0.25, -0.2) is 4.68 Å². The van der Waals surface area contributed by atoms with Crippen LogP contribution in [0.25, 0.3) is 11.3 Å². The highest BCUT2D eigenvalue weighted by atomic mass is 79.9. The van der Waals surface area contributed by atoms with Crippen LogP contribution in [-0.2, 0) is 11.3 Å². The van der Waals surface area contributed by atoms with Gasteiger partial charge in [-0.1, -0.05) is 22.0 Å². The quantitative estimate of drug-likeness (QED) is 0.749. The van der Waals surface area contributed by atoms with Crippen molar-refractivity contribution in [3.05, 3.63) is 75.8 Å². The molecule has 0 bridgehead atoms. The number of hydrogen-bond donors (Lipinski definition) is 1. The molecule has 0 aliphatic heterocycles. The third kappa shape index (κ3) is 3.94. The van der Waals surface area contributed by atoms with Gasteiger partial charge >= 0.3 is 0 Å². The Labute approximate surface area is 146 Å². The highest BCUT2D eigenvalue weighted by Crippen LogP contribution is 2.16. The highest BCUT2D eigenvalue weighted by Gasteiger charge is 2.08. The van der Waals surface area contributed by atoms with Gasteiger partial charge in [0.25, 0.3) is 5.56 Å². The van der Waals surface area contributed by atoms with Crippen LogP contribution in [0.2, 0.25) is 0 Å². The SMILES string of the molecule is O=C(Cn1nc(-c2ccncc2)ccc1=O)Nc1cccc(Br)c1. The van der Waals surface area contributed by atoms with Crippen molar-refractivity contribution >= 4 is 27.5 Å². The van der Waals surface area contributed by atoms with Crippen molar-refractivity contribution in [1.82, 2.24) is 14.8 Å². The van der Waals surface area contributed by atoms with Gasteiger partial charge in [0.1, 0.15) is 6.54 Å². The molecule has 0 atom stereocenters. The lowest BCUT2D eigenvalue weighted by Gasteiger charge is -2.08. The number of nitrogens with one attached hydrogen (secondary N) is 1. The van der Waals surface area contributed by atoms with Gasteiger partial charge in [0.05, 0.1) is 5.69 Å². The summed E-state index contributed by atoms with van der Waals surface area (Å²) in [4.78, 5) is 28.1. The molecule has 0 saturated carbocycles. The molecule has 0 saturated heterocycles. The Hall–Kier alpha value is -2.80. The lowest BCUT2D eigenvalue weighted by molar-refractivity contribution is -0.117. The maximum atomic E-state index is 12.2. The molecule has 7 heteroatoms. The van der Waals surface area contributed by atoms with E-state index in [9.17, 15) is 9.59 Å². The number of benzene rings is 1. The Balaban J connectivity index is 1.79. The molecule has 3 aromatic rings. The molecule has 0 unspecified atom stereocenters. The zero-order valence-corrected chi connectivity index (χ0v) is 14.1. The Morgan fingerprint density at radius 2 is 1.92 bits per heavy atom. The summed E-state index contributed by atoms with van der Waals surface area (Å²) < 4.78 is 2.00. The van der Waals surface area contributed by atoms with E-state index >= 15 is 0 Å². The normalized spacial score (nSPS) is 10.4. The molecular formula is C17H13BrN4O2. The minimum absolute atomic E-state index is 0.162. The summed E-state index contributed by atoms with van der Waals surface area (Å²) >= 11 is 3.34. The first-order valence-corrected chi connectivity index (χ1v) is 7.95. The van der Waals surface area contributed by atoms with E-state index in [2.05, 4.69) is 31.3 Å². The number of rotatable bonds is 4. The van der Waals surface area contributed by atoms with Gasteiger partial charge in [0.15, 0.2) is 0 Å². The van der Waals surface area contributed by atoms with Gasteiger partial charge in [-0.3, -0.25) is 14.6 Å². The molecule has 24 heavy (non-hydrogen) atoms. The van der Waals surface area contributed by atoms with E-state index in [0.29, 0.717) is 11.4 Å². The largest absolute Gasteiger partial charge is 0.324 e. The Morgan fingerprint density at radius 3 is 2.67 bits per heavy atom. The third-order valence-electron chi connectivity index (χ3n) is 3.24. The molecule has 120 valence electrons. The minimum Gasteiger partial charge on any atom is -0.324 e. The summed E-state index contributed by atoms with van der Waals surface area (Å²) in [6, 6.07) is 13.8. The average molecular weight is 385 g/mol. The van der Waals surface area contributed by atoms with Crippen LogP contribution in [0.15, 0.2) is 70.2 Å². The van der Waals surface area contributed by atoms with E-state index in [1.54, 1.807) is 42.7 Å². The Kier molecular flexibility index (Phi) is 4.81. The van der Waals surface area contributed by atoms with Crippen molar-refractivity contribution < 1.29 is 4.79 Å². The lowest BCUT2D eigenvalue weighted by Crippen LogP contribution is -2.29. The number of nitrogens with zero attached hydrogens (tertiary/aromatic N) is 3. The second-order valence-corrected chi connectivity index (χ2v) is 5.92. The molecule has 0 aliphatic rings. The summed E-state index contributed by atoms with van der Waals surface area (Å²) in [5, 5.41) is 6.99. The molecule has 0 fully saturated rings. The molecule has 0 spiro atoms. The highest BCUT2D eigenvalue weighted by molar-refractivity contribution is 9.10. The van der Waals surface area contributed by atoms with E-state index in [1.165, 1.54) is 6.07 Å². The smallest absolute Gasteiger partial charge is 0.267 e. The maximum absolute atomic E-state index is 12.2. The molecule has 1 N–H and O–H groups in total. The van der Waals surface area contributed by atoms with Crippen LogP contribution in [0.1, 0.15) is 0 Å². The molecule has 1 amide bonds. The van der Waals surface area contributed by atoms with E-state index in [4.69, 9.17) is 0 Å². The van der Waals surface area contributed by atoms with E-state index in [1.807, 2.05) is 12.1 Å². The predicted octanol–water partition coefficient (Wildman–Crippen LogP) is 2.71. The number of hydrogen-bond acceptors (Lipinski definition) is 4. The van der Waals surface area contributed by atoms with Crippen molar-refractivity contribution in [3.63, 3.8) is 0 Å².